The topological polar surface area (TPSA) is 118 Å². The fraction of sp³-hybridized carbons (Fsp3) is 0.500. The number of amides is 1. The number of fused-ring (bicyclic) bond motifs is 2. The van der Waals surface area contributed by atoms with Crippen molar-refractivity contribution in [2.75, 3.05) is 11.1 Å². The number of aliphatic hydroxyl groups is 1. The van der Waals surface area contributed by atoms with Crippen LogP contribution in [-0.2, 0) is 19.7 Å². The molecule has 2 aromatic rings. The van der Waals surface area contributed by atoms with E-state index < -0.39 is 65.7 Å². The Kier molecular flexibility index (Phi) is 7.31. The minimum Gasteiger partial charge on any atom is -0.390 e. The first kappa shape index (κ1) is 28.4. The molecule has 2 aromatic carbocycles. The molecule has 4 atom stereocenters. The number of nitrogens with one attached hydrogen (secondary N) is 1. The zero-order valence-corrected chi connectivity index (χ0v) is 23.1. The summed E-state index contributed by atoms with van der Waals surface area (Å²) in [7, 11) is -7.35. The fourth-order valence-corrected chi connectivity index (χ4v) is 10.8. The number of rotatable bonds is 8. The van der Waals surface area contributed by atoms with Gasteiger partial charge in [0, 0.05) is 23.4 Å². The Morgan fingerprint density at radius 3 is 2.13 bits per heavy atom. The third-order valence-corrected chi connectivity index (χ3v) is 13.2. The molecule has 3 aliphatic rings. The van der Waals surface area contributed by atoms with Gasteiger partial charge in [-0.25, -0.2) is 30.0 Å². The van der Waals surface area contributed by atoms with Crippen molar-refractivity contribution in [3.63, 3.8) is 0 Å². The van der Waals surface area contributed by atoms with E-state index in [1.807, 2.05) is 0 Å². The Hall–Kier alpha value is -2.15. The lowest BCUT2D eigenvalue weighted by Crippen LogP contribution is -2.47. The predicted octanol–water partition coefficient (Wildman–Crippen LogP) is 4.67. The van der Waals surface area contributed by atoms with Gasteiger partial charge in [0.2, 0.25) is 0 Å². The molecule has 2 bridgehead atoms. The van der Waals surface area contributed by atoms with Gasteiger partial charge in [-0.05, 0) is 75.0 Å². The summed E-state index contributed by atoms with van der Waals surface area (Å²) in [6.45, 7) is 0. The van der Waals surface area contributed by atoms with Crippen molar-refractivity contribution >= 4 is 42.9 Å². The standard InChI is InChI=1S/C26H27ClF3NO6S2/c27-19-6-3-14(25(32)31-17-10-20(28)23(30)21(29)11-17)9-22(19)39(36,37)24-15-1-2-16(24)13-26(33,12-15)7-8-38(34,35)18-4-5-18/h3,6,9-11,15-16,18,24,33H,1-2,4-5,7-8,12-13H2,(H,31,32)/t15-,16?,24?,26?/m0/s1. The Bertz CT molecular complexity index is 1510. The highest BCUT2D eigenvalue weighted by molar-refractivity contribution is 7.92. The summed E-state index contributed by atoms with van der Waals surface area (Å²) < 4.78 is 92.6. The van der Waals surface area contributed by atoms with Crippen molar-refractivity contribution in [1.82, 2.24) is 0 Å². The van der Waals surface area contributed by atoms with Crippen LogP contribution in [0.2, 0.25) is 5.02 Å². The van der Waals surface area contributed by atoms with Gasteiger partial charge in [-0.3, -0.25) is 4.79 Å². The van der Waals surface area contributed by atoms with Crippen LogP contribution in [0.25, 0.3) is 0 Å². The van der Waals surface area contributed by atoms with Crippen molar-refractivity contribution in [2.45, 2.75) is 65.9 Å². The van der Waals surface area contributed by atoms with Crippen LogP contribution in [0.4, 0.5) is 18.9 Å². The van der Waals surface area contributed by atoms with E-state index in [9.17, 15) is 39.9 Å². The summed E-state index contributed by atoms with van der Waals surface area (Å²) >= 11 is 6.26. The average Bonchev–Trinajstić information content (AvgIpc) is 3.67. The lowest BCUT2D eigenvalue weighted by molar-refractivity contribution is -0.0213. The molecular formula is C26H27ClF3NO6S2. The largest absolute Gasteiger partial charge is 0.390 e. The molecule has 3 saturated carbocycles. The van der Waals surface area contributed by atoms with Crippen molar-refractivity contribution in [3.05, 3.63) is 58.4 Å². The summed E-state index contributed by atoms with van der Waals surface area (Å²) in [5.41, 5.74) is -1.78. The zero-order valence-electron chi connectivity index (χ0n) is 20.7. The first-order chi connectivity index (χ1) is 18.2. The van der Waals surface area contributed by atoms with Gasteiger partial charge in [0.25, 0.3) is 5.91 Å². The van der Waals surface area contributed by atoms with Gasteiger partial charge in [0.15, 0.2) is 37.1 Å². The van der Waals surface area contributed by atoms with Gasteiger partial charge < -0.3 is 10.4 Å². The number of sulfone groups is 2. The van der Waals surface area contributed by atoms with Gasteiger partial charge in [0.1, 0.15) is 0 Å². The number of halogens is 4. The van der Waals surface area contributed by atoms with E-state index in [-0.39, 0.29) is 51.4 Å². The SMILES string of the molecule is O=C(Nc1cc(F)c(F)c(F)c1)c1ccc(Cl)c(S(=O)(=O)C2C3CC[C@H]2CC(O)(CCS(=O)(=O)C2CC2)C3)c1. The van der Waals surface area contributed by atoms with Gasteiger partial charge in [-0.2, -0.15) is 0 Å². The maximum atomic E-state index is 13.8. The van der Waals surface area contributed by atoms with E-state index in [0.717, 1.165) is 6.07 Å². The van der Waals surface area contributed by atoms with Crippen LogP contribution in [0, 0.1) is 29.3 Å². The molecule has 7 nitrogen and oxygen atoms in total. The van der Waals surface area contributed by atoms with E-state index in [1.165, 1.54) is 12.1 Å². The Labute approximate surface area is 229 Å². The van der Waals surface area contributed by atoms with E-state index in [4.69, 9.17) is 11.6 Å². The molecule has 0 saturated heterocycles. The molecule has 3 aliphatic carbocycles. The first-order valence-electron chi connectivity index (χ1n) is 12.6. The van der Waals surface area contributed by atoms with Crippen LogP contribution in [-0.4, -0.2) is 49.7 Å². The minimum atomic E-state index is -4.08. The lowest BCUT2D eigenvalue weighted by Gasteiger charge is -2.41. The third-order valence-electron chi connectivity index (χ3n) is 8.11. The monoisotopic (exact) mass is 605 g/mol. The average molecular weight is 606 g/mol. The molecule has 2 N–H and O–H groups in total. The van der Waals surface area contributed by atoms with Crippen molar-refractivity contribution in [1.29, 1.82) is 0 Å². The van der Waals surface area contributed by atoms with Crippen molar-refractivity contribution < 1.29 is 39.9 Å². The molecule has 1 amide bonds. The van der Waals surface area contributed by atoms with E-state index in [1.54, 1.807) is 0 Å². The van der Waals surface area contributed by atoms with Crippen LogP contribution in [0.3, 0.4) is 0 Å². The number of benzene rings is 2. The summed E-state index contributed by atoms with van der Waals surface area (Å²) in [5, 5.41) is 12.1. The maximum absolute atomic E-state index is 13.8. The molecular weight excluding hydrogens is 579 g/mol. The highest BCUT2D eigenvalue weighted by Crippen LogP contribution is 2.52. The van der Waals surface area contributed by atoms with E-state index in [2.05, 4.69) is 5.32 Å². The highest BCUT2D eigenvalue weighted by atomic mass is 35.5. The fourth-order valence-electron chi connectivity index (χ4n) is 6.11. The summed E-state index contributed by atoms with van der Waals surface area (Å²) in [4.78, 5) is 12.5. The molecule has 3 fully saturated rings. The normalized spacial score (nSPS) is 26.9. The van der Waals surface area contributed by atoms with E-state index >= 15 is 0 Å². The Morgan fingerprint density at radius 1 is 0.974 bits per heavy atom. The Morgan fingerprint density at radius 2 is 1.56 bits per heavy atom. The van der Waals surface area contributed by atoms with Crippen molar-refractivity contribution in [2.24, 2.45) is 11.8 Å². The quantitative estimate of drug-likeness (QED) is 0.422. The molecule has 0 aliphatic heterocycles. The predicted molar refractivity (Wildman–Crippen MR) is 139 cm³/mol. The van der Waals surface area contributed by atoms with Gasteiger partial charge in [-0.1, -0.05) is 11.6 Å². The van der Waals surface area contributed by atoms with Crippen LogP contribution < -0.4 is 5.32 Å². The molecule has 0 spiro atoms. The van der Waals surface area contributed by atoms with Crippen LogP contribution in [0.1, 0.15) is 55.3 Å². The molecule has 5 rings (SSSR count). The molecule has 39 heavy (non-hydrogen) atoms. The summed E-state index contributed by atoms with van der Waals surface area (Å²) in [6, 6.07) is 4.77. The van der Waals surface area contributed by atoms with E-state index in [0.29, 0.717) is 37.8 Å². The summed E-state index contributed by atoms with van der Waals surface area (Å²) in [6.07, 6.45) is 2.73. The Balaban J connectivity index is 1.35. The summed E-state index contributed by atoms with van der Waals surface area (Å²) in [5.74, 6) is -6.53. The van der Waals surface area contributed by atoms with Crippen LogP contribution >= 0.6 is 11.6 Å². The molecule has 0 heterocycles. The maximum Gasteiger partial charge on any atom is 0.255 e. The van der Waals surface area contributed by atoms with Gasteiger partial charge in [0.05, 0.1) is 31.8 Å². The molecule has 212 valence electrons. The lowest BCUT2D eigenvalue weighted by atomic mass is 9.76. The number of anilines is 1. The number of carbonyl (C=O) groups excluding carboxylic acids is 1. The number of carbonyl (C=O) groups is 1. The number of hydrogen-bond donors (Lipinski definition) is 2. The van der Waals surface area contributed by atoms with Gasteiger partial charge in [-0.15, -0.1) is 0 Å². The highest BCUT2D eigenvalue weighted by Gasteiger charge is 2.54. The van der Waals surface area contributed by atoms with Crippen LogP contribution in [0.15, 0.2) is 35.2 Å². The van der Waals surface area contributed by atoms with Crippen molar-refractivity contribution in [3.8, 4) is 0 Å². The second-order valence-electron chi connectivity index (χ2n) is 10.9. The molecule has 0 radical (unpaired) electrons. The minimum absolute atomic E-state index is 0.0621. The zero-order chi connectivity index (χ0) is 28.3. The molecule has 3 unspecified atom stereocenters. The first-order valence-corrected chi connectivity index (χ1v) is 16.3. The second kappa shape index (κ2) is 10.0. The van der Waals surface area contributed by atoms with Crippen LogP contribution in [0.5, 0.6) is 0 Å². The van der Waals surface area contributed by atoms with Gasteiger partial charge >= 0.3 is 0 Å². The second-order valence-corrected chi connectivity index (χ2v) is 15.8. The molecule has 13 heteroatoms. The number of hydrogen-bond acceptors (Lipinski definition) is 6. The third kappa shape index (κ3) is 5.57. The molecule has 0 aromatic heterocycles. The smallest absolute Gasteiger partial charge is 0.255 e.